The summed E-state index contributed by atoms with van der Waals surface area (Å²) in [4.78, 5) is 2.52. The molecule has 1 atom stereocenters. The molecule has 1 aliphatic carbocycles. The summed E-state index contributed by atoms with van der Waals surface area (Å²) in [5.74, 6) is 0.693. The maximum absolute atomic E-state index is 13.2. The van der Waals surface area contributed by atoms with Crippen molar-refractivity contribution in [2.24, 2.45) is 0 Å². The number of rotatable bonds is 5. The molecule has 1 aromatic carbocycles. The van der Waals surface area contributed by atoms with Gasteiger partial charge in [0.25, 0.3) is 0 Å². The van der Waals surface area contributed by atoms with Gasteiger partial charge in [0.2, 0.25) is 0 Å². The molecule has 19 heavy (non-hydrogen) atoms. The van der Waals surface area contributed by atoms with Gasteiger partial charge in [-0.15, -0.1) is 0 Å². The SMILES string of the molecule is Fc1ccc2c(c1)CC(CN(CCBr)C1CCC1)O2. The average molecular weight is 328 g/mol. The Balaban J connectivity index is 1.62. The van der Waals surface area contributed by atoms with E-state index in [1.807, 2.05) is 0 Å². The van der Waals surface area contributed by atoms with Crippen LogP contribution in [0.2, 0.25) is 0 Å². The van der Waals surface area contributed by atoms with Crippen molar-refractivity contribution in [2.45, 2.75) is 37.8 Å². The molecule has 2 nitrogen and oxygen atoms in total. The van der Waals surface area contributed by atoms with Crippen LogP contribution in [-0.4, -0.2) is 35.5 Å². The van der Waals surface area contributed by atoms with E-state index in [4.69, 9.17) is 4.74 Å². The molecule has 4 heteroatoms. The van der Waals surface area contributed by atoms with Crippen molar-refractivity contribution in [1.82, 2.24) is 4.90 Å². The Bertz CT molecular complexity index is 450. The fourth-order valence-electron chi connectivity index (χ4n) is 2.94. The zero-order valence-corrected chi connectivity index (χ0v) is 12.5. The highest BCUT2D eigenvalue weighted by Gasteiger charge is 2.30. The van der Waals surface area contributed by atoms with Crippen LogP contribution >= 0.6 is 15.9 Å². The zero-order chi connectivity index (χ0) is 13.2. The number of alkyl halides is 1. The smallest absolute Gasteiger partial charge is 0.123 e. The van der Waals surface area contributed by atoms with Crippen LogP contribution in [0.4, 0.5) is 4.39 Å². The third kappa shape index (κ3) is 2.95. The molecule has 1 fully saturated rings. The van der Waals surface area contributed by atoms with Gasteiger partial charge in [-0.3, -0.25) is 4.90 Å². The molecule has 0 N–H and O–H groups in total. The fraction of sp³-hybridized carbons (Fsp3) is 0.600. The van der Waals surface area contributed by atoms with Gasteiger partial charge in [-0.25, -0.2) is 4.39 Å². The number of fused-ring (bicyclic) bond motifs is 1. The van der Waals surface area contributed by atoms with E-state index in [9.17, 15) is 4.39 Å². The van der Waals surface area contributed by atoms with Crippen molar-refractivity contribution in [2.75, 3.05) is 18.4 Å². The molecule has 104 valence electrons. The minimum absolute atomic E-state index is 0.167. The van der Waals surface area contributed by atoms with Gasteiger partial charge in [0.1, 0.15) is 17.7 Å². The van der Waals surface area contributed by atoms with Crippen LogP contribution in [0.5, 0.6) is 5.75 Å². The summed E-state index contributed by atoms with van der Waals surface area (Å²) >= 11 is 3.53. The molecule has 0 spiro atoms. The van der Waals surface area contributed by atoms with E-state index < -0.39 is 0 Å². The van der Waals surface area contributed by atoms with Gasteiger partial charge in [0.15, 0.2) is 0 Å². The van der Waals surface area contributed by atoms with Gasteiger partial charge >= 0.3 is 0 Å². The number of ether oxygens (including phenoxy) is 1. The summed E-state index contributed by atoms with van der Waals surface area (Å²) in [7, 11) is 0. The summed E-state index contributed by atoms with van der Waals surface area (Å²) in [6.45, 7) is 2.02. The standard InChI is InChI=1S/C15H19BrFNO/c16-6-7-18(13-2-1-3-13)10-14-9-11-8-12(17)4-5-15(11)19-14/h4-5,8,13-14H,1-3,6-7,9-10H2. The lowest BCUT2D eigenvalue weighted by Gasteiger charge is -2.38. The molecule has 1 heterocycles. The molecule has 3 rings (SSSR count). The third-order valence-electron chi connectivity index (χ3n) is 4.16. The Hall–Kier alpha value is -0.610. The van der Waals surface area contributed by atoms with E-state index in [0.29, 0.717) is 0 Å². The molecule has 1 aromatic rings. The number of nitrogens with zero attached hydrogens (tertiary/aromatic N) is 1. The van der Waals surface area contributed by atoms with Gasteiger partial charge in [-0.2, -0.15) is 0 Å². The van der Waals surface area contributed by atoms with Gasteiger partial charge in [-0.05, 0) is 31.0 Å². The predicted octanol–water partition coefficient (Wildman–Crippen LogP) is 3.38. The lowest BCUT2D eigenvalue weighted by atomic mass is 9.91. The van der Waals surface area contributed by atoms with Crippen LogP contribution < -0.4 is 4.74 Å². The minimum atomic E-state index is -0.167. The first-order chi connectivity index (χ1) is 9.26. The number of hydrogen-bond donors (Lipinski definition) is 0. The van der Waals surface area contributed by atoms with Crippen LogP contribution in [0.15, 0.2) is 18.2 Å². The Morgan fingerprint density at radius 3 is 2.89 bits per heavy atom. The monoisotopic (exact) mass is 327 g/mol. The average Bonchev–Trinajstić information content (AvgIpc) is 2.68. The van der Waals surface area contributed by atoms with Gasteiger partial charge in [0.05, 0.1) is 0 Å². The highest BCUT2D eigenvalue weighted by molar-refractivity contribution is 9.09. The van der Waals surface area contributed by atoms with Crippen LogP contribution in [0.1, 0.15) is 24.8 Å². The molecule has 0 aromatic heterocycles. The third-order valence-corrected chi connectivity index (χ3v) is 4.52. The van der Waals surface area contributed by atoms with Crippen LogP contribution in [-0.2, 0) is 6.42 Å². The van der Waals surface area contributed by atoms with Crippen molar-refractivity contribution in [1.29, 1.82) is 0 Å². The van der Waals surface area contributed by atoms with Crippen LogP contribution in [0.25, 0.3) is 0 Å². The summed E-state index contributed by atoms with van der Waals surface area (Å²) < 4.78 is 19.1. The molecule has 0 saturated heterocycles. The summed E-state index contributed by atoms with van der Waals surface area (Å²) in [5.41, 5.74) is 1.01. The molecular weight excluding hydrogens is 309 g/mol. The first-order valence-corrected chi connectivity index (χ1v) is 8.13. The van der Waals surface area contributed by atoms with E-state index in [0.717, 1.165) is 42.2 Å². The van der Waals surface area contributed by atoms with Crippen molar-refractivity contribution >= 4 is 15.9 Å². The van der Waals surface area contributed by atoms with Crippen LogP contribution in [0.3, 0.4) is 0 Å². The number of benzene rings is 1. The predicted molar refractivity (Wildman–Crippen MR) is 77.5 cm³/mol. The molecular formula is C15H19BrFNO. The van der Waals surface area contributed by atoms with Gasteiger partial charge in [-0.1, -0.05) is 22.4 Å². The zero-order valence-electron chi connectivity index (χ0n) is 10.9. The quantitative estimate of drug-likeness (QED) is 0.769. The van der Waals surface area contributed by atoms with E-state index in [1.165, 1.54) is 25.3 Å². The Labute approximate surface area is 122 Å². The second kappa shape index (κ2) is 5.80. The molecule has 0 amide bonds. The lowest BCUT2D eigenvalue weighted by Crippen LogP contribution is -2.46. The van der Waals surface area contributed by atoms with E-state index in [2.05, 4.69) is 20.8 Å². The number of hydrogen-bond acceptors (Lipinski definition) is 2. The van der Waals surface area contributed by atoms with Crippen molar-refractivity contribution in [3.05, 3.63) is 29.6 Å². The summed E-state index contributed by atoms with van der Waals surface area (Å²) in [5, 5.41) is 0.998. The van der Waals surface area contributed by atoms with Crippen molar-refractivity contribution in [3.8, 4) is 5.75 Å². The molecule has 1 saturated carbocycles. The van der Waals surface area contributed by atoms with Crippen molar-refractivity contribution in [3.63, 3.8) is 0 Å². The first kappa shape index (κ1) is 13.4. The van der Waals surface area contributed by atoms with Crippen molar-refractivity contribution < 1.29 is 9.13 Å². The summed E-state index contributed by atoms with van der Waals surface area (Å²) in [6.07, 6.45) is 4.97. The first-order valence-electron chi connectivity index (χ1n) is 7.01. The van der Waals surface area contributed by atoms with Crippen LogP contribution in [0, 0.1) is 5.82 Å². The maximum Gasteiger partial charge on any atom is 0.123 e. The highest BCUT2D eigenvalue weighted by atomic mass is 79.9. The summed E-state index contributed by atoms with van der Waals surface area (Å²) in [6, 6.07) is 5.56. The number of halogens is 2. The minimum Gasteiger partial charge on any atom is -0.488 e. The Morgan fingerprint density at radius 2 is 2.21 bits per heavy atom. The highest BCUT2D eigenvalue weighted by Crippen LogP contribution is 2.31. The maximum atomic E-state index is 13.2. The lowest BCUT2D eigenvalue weighted by molar-refractivity contribution is 0.0845. The topological polar surface area (TPSA) is 12.5 Å². The van der Waals surface area contributed by atoms with Gasteiger partial charge < -0.3 is 4.74 Å². The molecule has 1 aliphatic heterocycles. The second-order valence-corrected chi connectivity index (χ2v) is 6.26. The van der Waals surface area contributed by atoms with E-state index in [-0.39, 0.29) is 11.9 Å². The van der Waals surface area contributed by atoms with E-state index >= 15 is 0 Å². The molecule has 0 radical (unpaired) electrons. The molecule has 0 bridgehead atoms. The Morgan fingerprint density at radius 1 is 1.37 bits per heavy atom. The fourth-order valence-corrected chi connectivity index (χ4v) is 3.39. The largest absolute Gasteiger partial charge is 0.488 e. The molecule has 1 unspecified atom stereocenters. The normalized spacial score (nSPS) is 22.2. The molecule has 2 aliphatic rings. The second-order valence-electron chi connectivity index (χ2n) is 5.46. The van der Waals surface area contributed by atoms with Gasteiger partial charge in [0, 0.05) is 36.4 Å². The Kier molecular flexibility index (Phi) is 4.08. The van der Waals surface area contributed by atoms with E-state index in [1.54, 1.807) is 12.1 Å².